The minimum absolute atomic E-state index is 0.142. The van der Waals surface area contributed by atoms with Crippen molar-refractivity contribution in [2.45, 2.75) is 37.9 Å². The number of hydrogen-bond acceptors (Lipinski definition) is 4. The summed E-state index contributed by atoms with van der Waals surface area (Å²) in [7, 11) is -8.70. The highest BCUT2D eigenvalue weighted by Gasteiger charge is 2.53. The lowest BCUT2D eigenvalue weighted by Crippen LogP contribution is -2.29. The SMILES string of the molecule is O=S(=O)(OS1(CCCCCl)c2ccccc2Sc2ccccc21)C(F)(F)F. The zero-order valence-corrected chi connectivity index (χ0v) is 17.1. The van der Waals surface area contributed by atoms with Crippen molar-refractivity contribution < 1.29 is 25.2 Å². The molecule has 0 fully saturated rings. The van der Waals surface area contributed by atoms with Gasteiger partial charge in [0.05, 0.1) is 0 Å². The molecule has 0 unspecified atom stereocenters. The van der Waals surface area contributed by atoms with Crippen molar-refractivity contribution in [3.63, 3.8) is 0 Å². The Bertz CT molecular complexity index is 887. The standard InChI is InChI=1S/C17H16ClF3O3S3/c18-11-5-6-12-26(24-27(22,23)17(19,20)21)15-9-3-1-7-13(15)25-14-8-2-4-10-16(14)26/h1-4,7-10H,5-6,11-12H2. The molecule has 2 aromatic carbocycles. The molecule has 0 amide bonds. The van der Waals surface area contributed by atoms with E-state index in [1.54, 1.807) is 48.5 Å². The van der Waals surface area contributed by atoms with E-state index in [4.69, 9.17) is 15.2 Å². The first-order valence-electron chi connectivity index (χ1n) is 7.96. The molecule has 0 atom stereocenters. The number of hydrogen-bond donors (Lipinski definition) is 0. The van der Waals surface area contributed by atoms with Crippen molar-refractivity contribution in [3.8, 4) is 0 Å². The van der Waals surface area contributed by atoms with Gasteiger partial charge in [0, 0.05) is 31.2 Å². The van der Waals surface area contributed by atoms with Crippen LogP contribution in [0.2, 0.25) is 0 Å². The highest BCUT2D eigenvalue weighted by atomic mass is 35.5. The molecule has 0 aromatic heterocycles. The topological polar surface area (TPSA) is 43.4 Å². The van der Waals surface area contributed by atoms with Gasteiger partial charge in [0.25, 0.3) is 0 Å². The van der Waals surface area contributed by atoms with Crippen molar-refractivity contribution in [1.29, 1.82) is 0 Å². The predicted octanol–water partition coefficient (Wildman–Crippen LogP) is 6.17. The Hall–Kier alpha value is -0.870. The number of unbranched alkanes of at least 4 members (excludes halogenated alkanes) is 1. The first-order chi connectivity index (χ1) is 12.7. The van der Waals surface area contributed by atoms with Gasteiger partial charge in [0.15, 0.2) is 0 Å². The first-order valence-corrected chi connectivity index (χ1v) is 12.5. The monoisotopic (exact) mass is 456 g/mol. The Kier molecular flexibility index (Phi) is 6.08. The van der Waals surface area contributed by atoms with E-state index in [2.05, 4.69) is 0 Å². The number of halogens is 4. The highest BCUT2D eigenvalue weighted by molar-refractivity contribution is 8.33. The maximum absolute atomic E-state index is 13.2. The van der Waals surface area contributed by atoms with Crippen LogP contribution >= 0.6 is 33.7 Å². The second kappa shape index (κ2) is 7.87. The van der Waals surface area contributed by atoms with Crippen LogP contribution in [0.1, 0.15) is 12.8 Å². The predicted molar refractivity (Wildman–Crippen MR) is 102 cm³/mol. The average Bonchev–Trinajstić information content (AvgIpc) is 2.61. The van der Waals surface area contributed by atoms with Crippen molar-refractivity contribution >= 4 is 43.8 Å². The molecule has 0 N–H and O–H groups in total. The second-order valence-corrected chi connectivity index (χ2v) is 11.8. The molecule has 1 aliphatic heterocycles. The van der Waals surface area contributed by atoms with E-state index in [-0.39, 0.29) is 5.75 Å². The minimum Gasteiger partial charge on any atom is -0.204 e. The molecule has 148 valence electrons. The minimum atomic E-state index is -5.78. The molecule has 1 heterocycles. The first kappa shape index (κ1) is 20.9. The van der Waals surface area contributed by atoms with E-state index >= 15 is 0 Å². The fraction of sp³-hybridized carbons (Fsp3) is 0.294. The van der Waals surface area contributed by atoms with E-state index < -0.39 is 25.9 Å². The van der Waals surface area contributed by atoms with Gasteiger partial charge in [-0.2, -0.15) is 21.6 Å². The third kappa shape index (κ3) is 3.98. The maximum atomic E-state index is 13.2. The Labute approximate surface area is 166 Å². The molecule has 1 aliphatic rings. The zero-order chi connectivity index (χ0) is 19.7. The molecule has 27 heavy (non-hydrogen) atoms. The third-order valence-electron chi connectivity index (χ3n) is 3.93. The van der Waals surface area contributed by atoms with Crippen LogP contribution < -0.4 is 0 Å². The smallest absolute Gasteiger partial charge is 0.204 e. The quantitative estimate of drug-likeness (QED) is 0.296. The van der Waals surface area contributed by atoms with Gasteiger partial charge in [0.2, 0.25) is 0 Å². The summed E-state index contributed by atoms with van der Waals surface area (Å²) in [5, 5.41) is 0. The van der Waals surface area contributed by atoms with Crippen molar-refractivity contribution in [2.75, 3.05) is 11.6 Å². The Morgan fingerprint density at radius 3 is 1.96 bits per heavy atom. The average molecular weight is 457 g/mol. The second-order valence-electron chi connectivity index (χ2n) is 5.74. The lowest BCUT2D eigenvalue weighted by atomic mass is 10.3. The van der Waals surface area contributed by atoms with Crippen LogP contribution in [0.25, 0.3) is 0 Å². The van der Waals surface area contributed by atoms with Gasteiger partial charge in [-0.1, -0.05) is 46.3 Å². The van der Waals surface area contributed by atoms with E-state index in [1.807, 2.05) is 0 Å². The summed E-state index contributed by atoms with van der Waals surface area (Å²) in [5.74, 6) is 0.475. The summed E-state index contributed by atoms with van der Waals surface area (Å²) >= 11 is 7.13. The third-order valence-corrected chi connectivity index (χ3v) is 10.8. The van der Waals surface area contributed by atoms with Crippen molar-refractivity contribution in [2.24, 2.45) is 0 Å². The molecule has 3 rings (SSSR count). The summed E-state index contributed by atoms with van der Waals surface area (Å²) in [6.45, 7) is 0. The van der Waals surface area contributed by atoms with Crippen molar-refractivity contribution in [1.82, 2.24) is 0 Å². The summed E-state index contributed by atoms with van der Waals surface area (Å²) in [5.41, 5.74) is -5.49. The molecule has 3 nitrogen and oxygen atoms in total. The van der Waals surface area contributed by atoms with Gasteiger partial charge in [-0.3, -0.25) is 0 Å². The molecule has 2 aromatic rings. The summed E-state index contributed by atoms with van der Waals surface area (Å²) in [6, 6.07) is 13.7. The van der Waals surface area contributed by atoms with E-state index in [0.717, 1.165) is 0 Å². The molecule has 0 saturated carbocycles. The van der Waals surface area contributed by atoms with Crippen LogP contribution in [0.5, 0.6) is 0 Å². The van der Waals surface area contributed by atoms with Gasteiger partial charge < -0.3 is 0 Å². The van der Waals surface area contributed by atoms with Crippen LogP contribution in [0, 0.1) is 0 Å². The Morgan fingerprint density at radius 1 is 0.963 bits per heavy atom. The fourth-order valence-corrected chi connectivity index (χ4v) is 9.94. The molecular formula is C17H16ClF3O3S3. The number of rotatable bonds is 6. The van der Waals surface area contributed by atoms with Crippen LogP contribution in [0.4, 0.5) is 13.2 Å². The number of alkyl halides is 4. The normalized spacial score (nSPS) is 17.0. The fourth-order valence-electron chi connectivity index (χ4n) is 2.77. The van der Waals surface area contributed by atoms with Crippen LogP contribution in [0.3, 0.4) is 0 Å². The lowest BCUT2D eigenvalue weighted by Gasteiger charge is -2.43. The molecule has 0 aliphatic carbocycles. The van der Waals surface area contributed by atoms with Gasteiger partial charge in [-0.05, 0) is 37.1 Å². The maximum Gasteiger partial charge on any atom is 0.523 e. The van der Waals surface area contributed by atoms with E-state index in [0.29, 0.717) is 38.3 Å². The molecule has 0 radical (unpaired) electrons. The Balaban J connectivity index is 2.23. The largest absolute Gasteiger partial charge is 0.523 e. The summed E-state index contributed by atoms with van der Waals surface area (Å²) in [4.78, 5) is 2.40. The number of benzene rings is 2. The number of fused-ring (bicyclic) bond motifs is 2. The summed E-state index contributed by atoms with van der Waals surface area (Å²) in [6.07, 6.45) is 0.989. The summed E-state index contributed by atoms with van der Waals surface area (Å²) < 4.78 is 68.7. The Morgan fingerprint density at radius 2 is 1.48 bits per heavy atom. The molecule has 10 heteroatoms. The molecular weight excluding hydrogens is 441 g/mol. The van der Waals surface area contributed by atoms with E-state index in [1.165, 1.54) is 11.8 Å². The van der Waals surface area contributed by atoms with Crippen molar-refractivity contribution in [3.05, 3.63) is 48.5 Å². The van der Waals surface area contributed by atoms with Crippen LogP contribution in [0.15, 0.2) is 68.1 Å². The molecule has 0 spiro atoms. The van der Waals surface area contributed by atoms with Gasteiger partial charge in [0.1, 0.15) is 0 Å². The zero-order valence-electron chi connectivity index (χ0n) is 13.9. The lowest BCUT2D eigenvalue weighted by molar-refractivity contribution is -0.0496. The highest BCUT2D eigenvalue weighted by Crippen LogP contribution is 2.72. The van der Waals surface area contributed by atoms with E-state index in [9.17, 15) is 21.6 Å². The molecule has 0 saturated heterocycles. The van der Waals surface area contributed by atoms with Crippen LogP contribution in [-0.4, -0.2) is 25.6 Å². The molecule has 0 bridgehead atoms. The van der Waals surface area contributed by atoms with Gasteiger partial charge in [-0.25, -0.2) is 3.63 Å². The van der Waals surface area contributed by atoms with Gasteiger partial charge in [-0.15, -0.1) is 11.6 Å². The van der Waals surface area contributed by atoms with Crippen LogP contribution in [-0.2, 0) is 13.7 Å². The van der Waals surface area contributed by atoms with Gasteiger partial charge >= 0.3 is 15.6 Å².